The maximum atomic E-state index is 13.3. The smallest absolute Gasteiger partial charge is 0.205 e. The lowest BCUT2D eigenvalue weighted by atomic mass is 10.0. The number of nitrogens with zero attached hydrogens (tertiary/aromatic N) is 3. The monoisotopic (exact) mass is 401 g/mol. The van der Waals surface area contributed by atoms with Crippen molar-refractivity contribution in [3.05, 3.63) is 81.7 Å². The highest BCUT2D eigenvalue weighted by Gasteiger charge is 2.27. The summed E-state index contributed by atoms with van der Waals surface area (Å²) < 4.78 is 17.5. The molecular formula is C25H24FN3O. The van der Waals surface area contributed by atoms with E-state index in [1.165, 1.54) is 25.0 Å². The van der Waals surface area contributed by atoms with E-state index in [4.69, 9.17) is 0 Å². The van der Waals surface area contributed by atoms with Gasteiger partial charge in [-0.1, -0.05) is 0 Å². The third-order valence-electron chi connectivity index (χ3n) is 5.86. The molecule has 1 aliphatic rings. The Morgan fingerprint density at radius 2 is 1.73 bits per heavy atom. The van der Waals surface area contributed by atoms with E-state index in [-0.39, 0.29) is 17.2 Å². The molecule has 0 unspecified atom stereocenters. The van der Waals surface area contributed by atoms with E-state index in [0.29, 0.717) is 11.6 Å². The number of aromatic nitrogens is 2. The minimum Gasteiger partial charge on any atom is -0.346 e. The van der Waals surface area contributed by atoms with Crippen LogP contribution < -0.4 is 0 Å². The minimum absolute atomic E-state index is 0.116. The minimum atomic E-state index is -0.309. The van der Waals surface area contributed by atoms with Gasteiger partial charge in [-0.25, -0.2) is 4.39 Å². The van der Waals surface area contributed by atoms with Gasteiger partial charge in [-0.15, -0.1) is 0 Å². The van der Waals surface area contributed by atoms with Gasteiger partial charge in [-0.2, -0.15) is 5.26 Å². The molecule has 1 aliphatic carbocycles. The van der Waals surface area contributed by atoms with Gasteiger partial charge in [-0.05, 0) is 88.6 Å². The number of hydrogen-bond donors (Lipinski definition) is 0. The SMILES string of the molecule is Cc1cc(C(=O)/C(C#N)=C/c2cc(C)n(C3CC3)c2C)c(C)n1-c1ccc(F)cc1. The largest absolute Gasteiger partial charge is 0.346 e. The number of nitriles is 1. The van der Waals surface area contributed by atoms with Crippen LogP contribution in [-0.2, 0) is 0 Å². The Kier molecular flexibility index (Phi) is 4.95. The van der Waals surface area contributed by atoms with Crippen molar-refractivity contribution in [3.63, 3.8) is 0 Å². The molecule has 0 spiro atoms. The molecule has 1 saturated carbocycles. The Morgan fingerprint density at radius 1 is 1.07 bits per heavy atom. The third kappa shape index (κ3) is 3.39. The van der Waals surface area contributed by atoms with E-state index >= 15 is 0 Å². The summed E-state index contributed by atoms with van der Waals surface area (Å²) in [5, 5.41) is 9.73. The molecule has 2 heterocycles. The number of allylic oxidation sites excluding steroid dienone is 1. The molecule has 2 aromatic heterocycles. The van der Waals surface area contributed by atoms with Gasteiger partial charge in [-0.3, -0.25) is 4.79 Å². The normalized spacial score (nSPS) is 14.1. The molecule has 4 nitrogen and oxygen atoms in total. The van der Waals surface area contributed by atoms with Crippen LogP contribution in [0.5, 0.6) is 0 Å². The van der Waals surface area contributed by atoms with Gasteiger partial charge in [0.05, 0.1) is 0 Å². The van der Waals surface area contributed by atoms with Crippen LogP contribution in [0.1, 0.15) is 57.6 Å². The van der Waals surface area contributed by atoms with Crippen molar-refractivity contribution in [1.29, 1.82) is 5.26 Å². The molecule has 0 atom stereocenters. The Hall–Kier alpha value is -3.39. The zero-order valence-electron chi connectivity index (χ0n) is 17.7. The number of halogens is 1. The van der Waals surface area contributed by atoms with Crippen LogP contribution in [0.4, 0.5) is 4.39 Å². The fraction of sp³-hybridized carbons (Fsp3) is 0.280. The Balaban J connectivity index is 1.73. The number of carbonyl (C=O) groups excluding carboxylic acids is 1. The number of carbonyl (C=O) groups is 1. The first-order valence-electron chi connectivity index (χ1n) is 10.1. The molecule has 1 fully saturated rings. The number of aryl methyl sites for hydroxylation is 2. The summed E-state index contributed by atoms with van der Waals surface area (Å²) in [5.74, 6) is -0.605. The summed E-state index contributed by atoms with van der Waals surface area (Å²) in [7, 11) is 0. The van der Waals surface area contributed by atoms with E-state index in [9.17, 15) is 14.4 Å². The number of benzene rings is 1. The Labute approximate surface area is 175 Å². The standard InChI is InChI=1S/C25H24FN3O/c1-15-11-19(17(3)28(15)23-9-10-23)13-20(14-27)25(30)24-12-16(2)29(18(24)4)22-7-5-21(26)6-8-22/h5-8,11-13,23H,9-10H2,1-4H3/b20-13+. The fourth-order valence-corrected chi connectivity index (χ4v) is 4.27. The lowest BCUT2D eigenvalue weighted by Crippen LogP contribution is -2.05. The summed E-state index contributed by atoms with van der Waals surface area (Å²) in [6, 6.07) is 12.6. The zero-order chi connectivity index (χ0) is 21.6. The van der Waals surface area contributed by atoms with E-state index in [1.807, 2.05) is 31.4 Å². The lowest BCUT2D eigenvalue weighted by molar-refractivity contribution is 0.103. The molecule has 0 radical (unpaired) electrons. The topological polar surface area (TPSA) is 50.7 Å². The van der Waals surface area contributed by atoms with Gasteiger partial charge in [0, 0.05) is 40.1 Å². The predicted molar refractivity (Wildman–Crippen MR) is 115 cm³/mol. The second-order valence-corrected chi connectivity index (χ2v) is 8.02. The zero-order valence-corrected chi connectivity index (χ0v) is 17.7. The van der Waals surface area contributed by atoms with Crippen LogP contribution in [0.3, 0.4) is 0 Å². The number of hydrogen-bond acceptors (Lipinski definition) is 2. The van der Waals surface area contributed by atoms with Crippen LogP contribution in [0, 0.1) is 44.8 Å². The number of rotatable bonds is 5. The van der Waals surface area contributed by atoms with Gasteiger partial charge in [0.2, 0.25) is 5.78 Å². The van der Waals surface area contributed by atoms with Crippen molar-refractivity contribution in [3.8, 4) is 11.8 Å². The molecule has 0 saturated heterocycles. The highest BCUT2D eigenvalue weighted by molar-refractivity contribution is 6.15. The van der Waals surface area contributed by atoms with E-state index < -0.39 is 0 Å². The van der Waals surface area contributed by atoms with Crippen LogP contribution in [0.25, 0.3) is 11.8 Å². The average molecular weight is 401 g/mol. The quantitative estimate of drug-likeness (QED) is 0.309. The van der Waals surface area contributed by atoms with Crippen LogP contribution in [-0.4, -0.2) is 14.9 Å². The fourth-order valence-electron chi connectivity index (χ4n) is 4.27. The maximum Gasteiger partial charge on any atom is 0.205 e. The molecular weight excluding hydrogens is 377 g/mol. The van der Waals surface area contributed by atoms with Crippen LogP contribution >= 0.6 is 0 Å². The van der Waals surface area contributed by atoms with Crippen molar-refractivity contribution in [2.75, 3.05) is 0 Å². The lowest BCUT2D eigenvalue weighted by Gasteiger charge is -2.09. The first kappa shape index (κ1) is 19.9. The predicted octanol–water partition coefficient (Wildman–Crippen LogP) is 5.78. The molecule has 0 bridgehead atoms. The Morgan fingerprint density at radius 3 is 2.33 bits per heavy atom. The summed E-state index contributed by atoms with van der Waals surface area (Å²) in [6.45, 7) is 7.84. The third-order valence-corrected chi connectivity index (χ3v) is 5.86. The Bertz CT molecular complexity index is 1210. The molecule has 4 rings (SSSR count). The van der Waals surface area contributed by atoms with Gasteiger partial charge < -0.3 is 9.13 Å². The molecule has 30 heavy (non-hydrogen) atoms. The van der Waals surface area contributed by atoms with E-state index in [1.54, 1.807) is 24.3 Å². The summed E-state index contributed by atoms with van der Waals surface area (Å²) in [5.41, 5.74) is 6.12. The summed E-state index contributed by atoms with van der Waals surface area (Å²) in [6.07, 6.45) is 4.06. The molecule has 5 heteroatoms. The first-order valence-corrected chi connectivity index (χ1v) is 10.1. The maximum absolute atomic E-state index is 13.3. The van der Waals surface area contributed by atoms with E-state index in [0.717, 1.165) is 34.0 Å². The number of ketones is 1. The number of Topliss-reactive ketones (excluding diaryl/α,β-unsaturated/α-hetero) is 1. The summed E-state index contributed by atoms with van der Waals surface area (Å²) in [4.78, 5) is 13.2. The van der Waals surface area contributed by atoms with Gasteiger partial charge >= 0.3 is 0 Å². The van der Waals surface area contributed by atoms with Crippen molar-refractivity contribution < 1.29 is 9.18 Å². The van der Waals surface area contributed by atoms with Crippen molar-refractivity contribution >= 4 is 11.9 Å². The molecule has 3 aromatic rings. The van der Waals surface area contributed by atoms with Crippen LogP contribution in [0.15, 0.2) is 42.0 Å². The molecule has 1 aromatic carbocycles. The van der Waals surface area contributed by atoms with Crippen molar-refractivity contribution in [2.24, 2.45) is 0 Å². The second kappa shape index (κ2) is 7.46. The average Bonchev–Trinajstić information content (AvgIpc) is 3.44. The van der Waals surface area contributed by atoms with Gasteiger partial charge in [0.15, 0.2) is 0 Å². The van der Waals surface area contributed by atoms with Crippen molar-refractivity contribution in [1.82, 2.24) is 9.13 Å². The van der Waals surface area contributed by atoms with E-state index in [2.05, 4.69) is 17.6 Å². The first-order chi connectivity index (χ1) is 14.3. The molecule has 152 valence electrons. The molecule has 0 aliphatic heterocycles. The van der Waals surface area contributed by atoms with Crippen molar-refractivity contribution in [2.45, 2.75) is 46.6 Å². The highest BCUT2D eigenvalue weighted by atomic mass is 19.1. The molecule has 0 amide bonds. The highest BCUT2D eigenvalue weighted by Crippen LogP contribution is 2.38. The summed E-state index contributed by atoms with van der Waals surface area (Å²) >= 11 is 0. The van der Waals surface area contributed by atoms with Gasteiger partial charge in [0.25, 0.3) is 0 Å². The van der Waals surface area contributed by atoms with Gasteiger partial charge in [0.1, 0.15) is 17.5 Å². The second-order valence-electron chi connectivity index (χ2n) is 8.02. The van der Waals surface area contributed by atoms with Crippen LogP contribution in [0.2, 0.25) is 0 Å². The molecule has 0 N–H and O–H groups in total.